The van der Waals surface area contributed by atoms with E-state index in [0.29, 0.717) is 0 Å². The van der Waals surface area contributed by atoms with Crippen LogP contribution in [0.25, 0.3) is 0 Å². The third kappa shape index (κ3) is 1.05. The van der Waals surface area contributed by atoms with E-state index in [-0.39, 0.29) is 0 Å². The van der Waals surface area contributed by atoms with Crippen molar-refractivity contribution < 1.29 is 0 Å². The Labute approximate surface area is 68.7 Å². The van der Waals surface area contributed by atoms with Gasteiger partial charge in [-0.2, -0.15) is 9.78 Å². The fraction of sp³-hybridized carbons (Fsp3) is 0.500. The fourth-order valence-corrected chi connectivity index (χ4v) is 1.61. The Hall–Kier alpha value is -0.840. The quantitative estimate of drug-likeness (QED) is 0.622. The van der Waals surface area contributed by atoms with E-state index >= 15 is 0 Å². The predicted octanol–water partition coefficient (Wildman–Crippen LogP) is 0.780. The topological polar surface area (TPSA) is 43.1 Å². The summed E-state index contributed by atoms with van der Waals surface area (Å²) in [4.78, 5) is 0. The monoisotopic (exact) mass is 168 g/mol. The van der Waals surface area contributed by atoms with Gasteiger partial charge in [0.15, 0.2) is 5.82 Å². The Morgan fingerprint density at radius 2 is 2.55 bits per heavy atom. The summed E-state index contributed by atoms with van der Waals surface area (Å²) in [5.74, 6) is 1.84. The summed E-state index contributed by atoms with van der Waals surface area (Å²) in [5, 5.41) is 13.1. The number of fused-ring (bicyclic) bond motifs is 1. The summed E-state index contributed by atoms with van der Waals surface area (Å²) >= 11 is 1.66. The Morgan fingerprint density at radius 1 is 1.64 bits per heavy atom. The molecule has 1 aliphatic rings. The number of nitrogens with zero attached hydrogens (tertiary/aromatic N) is 4. The molecule has 0 fully saturated rings. The maximum atomic E-state index is 4.17. The van der Waals surface area contributed by atoms with Crippen LogP contribution in [0.5, 0.6) is 0 Å². The fourth-order valence-electron chi connectivity index (χ4n) is 0.949. The van der Waals surface area contributed by atoms with E-state index in [2.05, 4.69) is 15.3 Å². The van der Waals surface area contributed by atoms with Gasteiger partial charge in [-0.15, -0.1) is 10.2 Å². The van der Waals surface area contributed by atoms with Crippen LogP contribution in [-0.2, 0) is 6.42 Å². The van der Waals surface area contributed by atoms with Gasteiger partial charge in [-0.25, -0.2) is 0 Å². The average molecular weight is 168 g/mol. The van der Waals surface area contributed by atoms with Crippen molar-refractivity contribution in [3.8, 4) is 0 Å². The molecule has 0 spiro atoms. The highest BCUT2D eigenvalue weighted by Crippen LogP contribution is 2.18. The molecule has 2 heterocycles. The van der Waals surface area contributed by atoms with E-state index in [4.69, 9.17) is 0 Å². The first-order chi connectivity index (χ1) is 5.42. The van der Waals surface area contributed by atoms with Crippen LogP contribution in [0.2, 0.25) is 0 Å². The number of aryl methyl sites for hydroxylation is 1. The molecule has 58 valence electrons. The molecule has 0 aliphatic carbocycles. The van der Waals surface area contributed by atoms with E-state index in [1.165, 1.54) is 0 Å². The summed E-state index contributed by atoms with van der Waals surface area (Å²) in [6, 6.07) is 0. The van der Waals surface area contributed by atoms with Crippen LogP contribution >= 0.6 is 11.8 Å². The Kier molecular flexibility index (Phi) is 1.65. The number of thioether (sulfide) groups is 1. The highest BCUT2D eigenvalue weighted by molar-refractivity contribution is 7.99. The van der Waals surface area contributed by atoms with Crippen molar-refractivity contribution in [1.82, 2.24) is 14.9 Å². The van der Waals surface area contributed by atoms with E-state index in [0.717, 1.165) is 23.2 Å². The molecule has 0 saturated heterocycles. The maximum Gasteiger partial charge on any atom is 0.212 e. The zero-order valence-electron chi connectivity index (χ0n) is 6.19. The van der Waals surface area contributed by atoms with Gasteiger partial charge in [0.05, 0.1) is 0 Å². The van der Waals surface area contributed by atoms with Crippen molar-refractivity contribution in [2.45, 2.75) is 18.5 Å². The molecule has 1 aromatic rings. The second-order valence-electron chi connectivity index (χ2n) is 2.17. The van der Waals surface area contributed by atoms with Crippen molar-refractivity contribution in [2.75, 3.05) is 5.75 Å². The molecule has 4 nitrogen and oxygen atoms in total. The summed E-state index contributed by atoms with van der Waals surface area (Å²) in [6.45, 7) is 2.05. The minimum Gasteiger partial charge on any atom is -0.192 e. The number of hydrogen-bond donors (Lipinski definition) is 0. The van der Waals surface area contributed by atoms with Gasteiger partial charge in [0.2, 0.25) is 5.16 Å². The van der Waals surface area contributed by atoms with Crippen molar-refractivity contribution in [2.24, 2.45) is 5.10 Å². The SMILES string of the molecule is CCc1nnc2n1N=CCS2. The summed E-state index contributed by atoms with van der Waals surface area (Å²) in [6.07, 6.45) is 2.76. The third-order valence-corrected chi connectivity index (χ3v) is 2.31. The molecule has 0 amide bonds. The van der Waals surface area contributed by atoms with Gasteiger partial charge >= 0.3 is 0 Å². The molecule has 0 atom stereocenters. The molecule has 0 radical (unpaired) electrons. The smallest absolute Gasteiger partial charge is 0.192 e. The Balaban J connectivity index is 2.48. The molecular weight excluding hydrogens is 160 g/mol. The summed E-state index contributed by atoms with van der Waals surface area (Å²) < 4.78 is 1.80. The van der Waals surface area contributed by atoms with Crippen LogP contribution in [0.3, 0.4) is 0 Å². The minimum atomic E-state index is 0.880. The van der Waals surface area contributed by atoms with Gasteiger partial charge < -0.3 is 0 Å². The highest BCUT2D eigenvalue weighted by Gasteiger charge is 2.11. The van der Waals surface area contributed by atoms with Crippen molar-refractivity contribution in [3.05, 3.63) is 5.82 Å². The zero-order valence-corrected chi connectivity index (χ0v) is 7.01. The molecular formula is C6H8N4S. The first kappa shape index (κ1) is 6.84. The second-order valence-corrected chi connectivity index (χ2v) is 3.16. The molecule has 11 heavy (non-hydrogen) atoms. The number of hydrogen-bond acceptors (Lipinski definition) is 4. The highest BCUT2D eigenvalue weighted by atomic mass is 32.2. The summed E-state index contributed by atoms with van der Waals surface area (Å²) in [7, 11) is 0. The first-order valence-corrected chi connectivity index (χ1v) is 4.50. The van der Waals surface area contributed by atoms with Crippen LogP contribution in [0.4, 0.5) is 0 Å². The van der Waals surface area contributed by atoms with Crippen molar-refractivity contribution >= 4 is 18.0 Å². The van der Waals surface area contributed by atoms with Crippen LogP contribution < -0.4 is 0 Å². The van der Waals surface area contributed by atoms with Gasteiger partial charge in [-0.05, 0) is 0 Å². The van der Waals surface area contributed by atoms with Gasteiger partial charge in [0, 0.05) is 18.4 Å². The zero-order chi connectivity index (χ0) is 7.68. The lowest BCUT2D eigenvalue weighted by atomic mass is 10.5. The molecule has 2 rings (SSSR count). The molecule has 1 aromatic heterocycles. The van der Waals surface area contributed by atoms with E-state index in [9.17, 15) is 0 Å². The van der Waals surface area contributed by atoms with E-state index in [1.54, 1.807) is 16.4 Å². The van der Waals surface area contributed by atoms with Gasteiger partial charge in [-0.3, -0.25) is 0 Å². The average Bonchev–Trinajstić information content (AvgIpc) is 2.47. The number of rotatable bonds is 1. The molecule has 0 aromatic carbocycles. The number of aromatic nitrogens is 3. The largest absolute Gasteiger partial charge is 0.212 e. The third-order valence-electron chi connectivity index (χ3n) is 1.48. The first-order valence-electron chi connectivity index (χ1n) is 3.51. The molecule has 0 N–H and O–H groups in total. The van der Waals surface area contributed by atoms with Gasteiger partial charge in [0.1, 0.15) is 0 Å². The molecule has 1 aliphatic heterocycles. The Bertz CT molecular complexity index is 291. The van der Waals surface area contributed by atoms with Gasteiger partial charge in [-0.1, -0.05) is 18.7 Å². The lowest BCUT2D eigenvalue weighted by Crippen LogP contribution is -2.03. The van der Waals surface area contributed by atoms with Crippen LogP contribution in [0.15, 0.2) is 10.3 Å². The maximum absolute atomic E-state index is 4.17. The van der Waals surface area contributed by atoms with Gasteiger partial charge in [0.25, 0.3) is 0 Å². The molecule has 0 saturated carbocycles. The standard InChI is InChI=1S/C6H8N4S/c1-2-5-8-9-6-10(5)7-3-4-11-6/h3H,2,4H2,1H3. The lowest BCUT2D eigenvalue weighted by molar-refractivity contribution is 0.718. The van der Waals surface area contributed by atoms with Crippen molar-refractivity contribution in [3.63, 3.8) is 0 Å². The molecule has 0 unspecified atom stereocenters. The Morgan fingerprint density at radius 3 is 3.36 bits per heavy atom. The predicted molar refractivity (Wildman–Crippen MR) is 44.0 cm³/mol. The van der Waals surface area contributed by atoms with Crippen LogP contribution in [0, 0.1) is 0 Å². The normalized spacial score (nSPS) is 15.0. The van der Waals surface area contributed by atoms with Crippen LogP contribution in [-0.4, -0.2) is 26.8 Å². The molecule has 5 heteroatoms. The minimum absolute atomic E-state index is 0.880. The molecule has 0 bridgehead atoms. The second kappa shape index (κ2) is 2.65. The van der Waals surface area contributed by atoms with Crippen LogP contribution in [0.1, 0.15) is 12.7 Å². The van der Waals surface area contributed by atoms with E-state index in [1.807, 2.05) is 13.1 Å². The lowest BCUT2D eigenvalue weighted by Gasteiger charge is -2.04. The van der Waals surface area contributed by atoms with E-state index < -0.39 is 0 Å². The van der Waals surface area contributed by atoms with Crippen molar-refractivity contribution in [1.29, 1.82) is 0 Å². The summed E-state index contributed by atoms with van der Waals surface area (Å²) in [5.41, 5.74) is 0.